The maximum absolute atomic E-state index is 12.1. The highest BCUT2D eigenvalue weighted by Crippen LogP contribution is 2.39. The van der Waals surface area contributed by atoms with Gasteiger partial charge in [-0.15, -0.1) is 0 Å². The Morgan fingerprint density at radius 2 is 1.59 bits per heavy atom. The first-order valence-electron chi connectivity index (χ1n) is 4.50. The third kappa shape index (κ3) is 5.60. The largest absolute Gasteiger partial charge is 0.409 e. The molecule has 1 unspecified atom stereocenters. The standard InChI is InChI=1S/C8H10BrF6NO/c1-4(2-3-9)16-6(17)5(7(10,11)12)8(13,14)15/h4-5H,2-3H2,1H3,(H,16,17). The summed E-state index contributed by atoms with van der Waals surface area (Å²) in [6.45, 7) is 1.32. The van der Waals surface area contributed by atoms with Crippen molar-refractivity contribution in [1.29, 1.82) is 0 Å². The highest BCUT2D eigenvalue weighted by Gasteiger charge is 2.61. The molecule has 102 valence electrons. The van der Waals surface area contributed by atoms with Crippen molar-refractivity contribution in [3.63, 3.8) is 0 Å². The summed E-state index contributed by atoms with van der Waals surface area (Å²) >= 11 is 2.96. The number of rotatable bonds is 4. The fourth-order valence-electron chi connectivity index (χ4n) is 1.04. The molecule has 0 aliphatic rings. The van der Waals surface area contributed by atoms with Crippen LogP contribution in [-0.4, -0.2) is 29.6 Å². The molecule has 0 heterocycles. The molecule has 0 aliphatic heterocycles. The summed E-state index contributed by atoms with van der Waals surface area (Å²) in [6.07, 6.45) is -11.1. The van der Waals surface area contributed by atoms with Gasteiger partial charge in [-0.1, -0.05) is 15.9 Å². The Morgan fingerprint density at radius 3 is 1.88 bits per heavy atom. The number of halogens is 7. The second-order valence-corrected chi connectivity index (χ2v) is 4.20. The van der Waals surface area contributed by atoms with Crippen LogP contribution in [0.4, 0.5) is 26.3 Å². The third-order valence-corrected chi connectivity index (χ3v) is 2.31. The molecule has 0 aromatic rings. The van der Waals surface area contributed by atoms with E-state index in [0.29, 0.717) is 5.33 Å². The molecular weight excluding hydrogens is 320 g/mol. The van der Waals surface area contributed by atoms with Gasteiger partial charge in [0.15, 0.2) is 0 Å². The highest BCUT2D eigenvalue weighted by atomic mass is 79.9. The molecular formula is C8H10BrF6NO. The van der Waals surface area contributed by atoms with Crippen molar-refractivity contribution in [2.24, 2.45) is 5.92 Å². The molecule has 0 saturated carbocycles. The van der Waals surface area contributed by atoms with Gasteiger partial charge in [0.2, 0.25) is 11.8 Å². The molecule has 0 saturated heterocycles. The quantitative estimate of drug-likeness (QED) is 0.623. The van der Waals surface area contributed by atoms with Crippen LogP contribution in [0.3, 0.4) is 0 Å². The van der Waals surface area contributed by atoms with Crippen LogP contribution in [0.2, 0.25) is 0 Å². The molecule has 0 aromatic carbocycles. The van der Waals surface area contributed by atoms with Crippen LogP contribution in [0, 0.1) is 5.92 Å². The Balaban J connectivity index is 4.80. The number of carbonyl (C=O) groups excluding carboxylic acids is 1. The van der Waals surface area contributed by atoms with Gasteiger partial charge in [-0.25, -0.2) is 0 Å². The average Bonchev–Trinajstić information content (AvgIpc) is 1.96. The van der Waals surface area contributed by atoms with Gasteiger partial charge in [-0.2, -0.15) is 26.3 Å². The molecule has 0 aromatic heterocycles. The predicted octanol–water partition coefficient (Wildman–Crippen LogP) is 3.02. The van der Waals surface area contributed by atoms with E-state index < -0.39 is 30.2 Å². The Hall–Kier alpha value is -0.470. The van der Waals surface area contributed by atoms with Crippen LogP contribution in [0.5, 0.6) is 0 Å². The van der Waals surface area contributed by atoms with Crippen molar-refractivity contribution in [3.8, 4) is 0 Å². The van der Waals surface area contributed by atoms with Crippen LogP contribution in [0.15, 0.2) is 0 Å². The normalized spacial score (nSPS) is 14.9. The summed E-state index contributed by atoms with van der Waals surface area (Å²) in [5.74, 6) is -6.05. The van der Waals surface area contributed by atoms with E-state index in [2.05, 4.69) is 15.9 Å². The van der Waals surface area contributed by atoms with E-state index in [1.54, 1.807) is 5.32 Å². The minimum Gasteiger partial charge on any atom is -0.353 e. The monoisotopic (exact) mass is 329 g/mol. The third-order valence-electron chi connectivity index (χ3n) is 1.85. The molecule has 1 amide bonds. The van der Waals surface area contributed by atoms with Crippen LogP contribution in [0.25, 0.3) is 0 Å². The fourth-order valence-corrected chi connectivity index (χ4v) is 1.73. The summed E-state index contributed by atoms with van der Waals surface area (Å²) in [4.78, 5) is 11.0. The van der Waals surface area contributed by atoms with Crippen molar-refractivity contribution < 1.29 is 31.1 Å². The van der Waals surface area contributed by atoms with Crippen molar-refractivity contribution in [3.05, 3.63) is 0 Å². The summed E-state index contributed by atoms with van der Waals surface area (Å²) in [7, 11) is 0. The van der Waals surface area contributed by atoms with Gasteiger partial charge in [0.25, 0.3) is 0 Å². The molecule has 0 aliphatic carbocycles. The predicted molar refractivity (Wildman–Crippen MR) is 51.6 cm³/mol. The molecule has 17 heavy (non-hydrogen) atoms. The number of amides is 1. The van der Waals surface area contributed by atoms with Crippen LogP contribution < -0.4 is 5.32 Å². The zero-order valence-corrected chi connectivity index (χ0v) is 10.2. The van der Waals surface area contributed by atoms with Gasteiger partial charge in [0, 0.05) is 11.4 Å². The summed E-state index contributed by atoms with van der Waals surface area (Å²) in [6, 6.07) is -0.769. The zero-order valence-electron chi connectivity index (χ0n) is 8.62. The number of alkyl halides is 7. The molecule has 0 spiro atoms. The van der Waals surface area contributed by atoms with Crippen LogP contribution in [0.1, 0.15) is 13.3 Å². The lowest BCUT2D eigenvalue weighted by atomic mass is 10.1. The van der Waals surface area contributed by atoms with Gasteiger partial charge < -0.3 is 5.32 Å². The number of hydrogen-bond donors (Lipinski definition) is 1. The van der Waals surface area contributed by atoms with E-state index in [9.17, 15) is 31.1 Å². The fraction of sp³-hybridized carbons (Fsp3) is 0.875. The molecule has 0 fully saturated rings. The van der Waals surface area contributed by atoms with Gasteiger partial charge in [0.05, 0.1) is 0 Å². The summed E-state index contributed by atoms with van der Waals surface area (Å²) in [5.41, 5.74) is 0. The molecule has 0 bridgehead atoms. The second kappa shape index (κ2) is 5.92. The van der Waals surface area contributed by atoms with E-state index in [1.807, 2.05) is 0 Å². The topological polar surface area (TPSA) is 29.1 Å². The first-order valence-corrected chi connectivity index (χ1v) is 5.62. The molecule has 1 atom stereocenters. The van der Waals surface area contributed by atoms with Gasteiger partial charge >= 0.3 is 12.4 Å². The van der Waals surface area contributed by atoms with Crippen molar-refractivity contribution >= 4 is 21.8 Å². The minimum atomic E-state index is -5.64. The van der Waals surface area contributed by atoms with E-state index in [-0.39, 0.29) is 6.42 Å². The number of hydrogen-bond acceptors (Lipinski definition) is 1. The Labute approximate surface area is 102 Å². The first-order chi connectivity index (χ1) is 7.50. The number of nitrogens with one attached hydrogen (secondary N) is 1. The van der Waals surface area contributed by atoms with E-state index in [4.69, 9.17) is 0 Å². The number of carbonyl (C=O) groups is 1. The lowest BCUT2D eigenvalue weighted by Gasteiger charge is -2.23. The maximum atomic E-state index is 12.1. The Kier molecular flexibility index (Phi) is 5.76. The Bertz CT molecular complexity index is 250. The van der Waals surface area contributed by atoms with Crippen LogP contribution >= 0.6 is 15.9 Å². The molecule has 1 N–H and O–H groups in total. The second-order valence-electron chi connectivity index (χ2n) is 3.40. The maximum Gasteiger partial charge on any atom is 0.409 e. The smallest absolute Gasteiger partial charge is 0.353 e. The summed E-state index contributed by atoms with van der Waals surface area (Å²) in [5, 5.41) is 2.04. The van der Waals surface area contributed by atoms with Crippen LogP contribution in [-0.2, 0) is 4.79 Å². The molecule has 2 nitrogen and oxygen atoms in total. The van der Waals surface area contributed by atoms with Gasteiger partial charge in [-0.3, -0.25) is 4.79 Å². The van der Waals surface area contributed by atoms with Crippen molar-refractivity contribution in [2.45, 2.75) is 31.7 Å². The van der Waals surface area contributed by atoms with E-state index in [0.717, 1.165) is 0 Å². The van der Waals surface area contributed by atoms with E-state index in [1.165, 1.54) is 6.92 Å². The molecule has 9 heteroatoms. The van der Waals surface area contributed by atoms with Crippen molar-refractivity contribution in [2.75, 3.05) is 5.33 Å². The SMILES string of the molecule is CC(CCBr)NC(=O)C(C(F)(F)F)C(F)(F)F. The first kappa shape index (κ1) is 16.5. The summed E-state index contributed by atoms with van der Waals surface area (Å²) < 4.78 is 72.7. The zero-order chi connectivity index (χ0) is 13.9. The van der Waals surface area contributed by atoms with E-state index >= 15 is 0 Å². The minimum absolute atomic E-state index is 0.230. The average molecular weight is 330 g/mol. The lowest BCUT2D eigenvalue weighted by molar-refractivity contribution is -0.274. The molecule has 0 rings (SSSR count). The lowest BCUT2D eigenvalue weighted by Crippen LogP contribution is -2.50. The van der Waals surface area contributed by atoms with Gasteiger partial charge in [0.1, 0.15) is 0 Å². The Morgan fingerprint density at radius 1 is 1.18 bits per heavy atom. The van der Waals surface area contributed by atoms with Gasteiger partial charge in [-0.05, 0) is 13.3 Å². The highest BCUT2D eigenvalue weighted by molar-refractivity contribution is 9.09. The van der Waals surface area contributed by atoms with Crippen molar-refractivity contribution in [1.82, 2.24) is 5.32 Å². The molecule has 0 radical (unpaired) electrons.